The molecule has 138 valence electrons. The van der Waals surface area contributed by atoms with Crippen molar-refractivity contribution in [1.29, 1.82) is 0 Å². The van der Waals surface area contributed by atoms with Gasteiger partial charge >= 0.3 is 11.4 Å². The Morgan fingerprint density at radius 1 is 0.760 bits per heavy atom. The molecule has 1 aromatic carbocycles. The third-order valence-electron chi connectivity index (χ3n) is 3.25. The van der Waals surface area contributed by atoms with E-state index in [1.165, 1.54) is 0 Å². The summed E-state index contributed by atoms with van der Waals surface area (Å²) in [6, 6.07) is 1.99. The Labute approximate surface area is 143 Å². The molecule has 25 heavy (non-hydrogen) atoms. The minimum absolute atomic E-state index is 0.0499. The maximum atomic E-state index is 11.1. The quantitative estimate of drug-likeness (QED) is 0.604. The fourth-order valence-electron chi connectivity index (χ4n) is 2.10. The number of nitrogens with one attached hydrogen (secondary N) is 1. The zero-order chi connectivity index (χ0) is 18.1. The summed E-state index contributed by atoms with van der Waals surface area (Å²) in [6.07, 6.45) is 0. The third kappa shape index (κ3) is 5.81. The highest BCUT2D eigenvalue weighted by molar-refractivity contribution is 5.62. The van der Waals surface area contributed by atoms with Gasteiger partial charge in [0.05, 0.1) is 48.4 Å². The van der Waals surface area contributed by atoms with Crippen molar-refractivity contribution in [2.24, 2.45) is 0 Å². The van der Waals surface area contributed by atoms with Crippen molar-refractivity contribution in [2.75, 3.05) is 52.7 Å². The van der Waals surface area contributed by atoms with E-state index in [0.717, 1.165) is 12.1 Å². The Bertz CT molecular complexity index is 559. The van der Waals surface area contributed by atoms with Crippen LogP contribution in [0.15, 0.2) is 12.1 Å². The summed E-state index contributed by atoms with van der Waals surface area (Å²) in [5, 5.41) is 25.3. The second-order valence-electron chi connectivity index (χ2n) is 4.97. The maximum absolute atomic E-state index is 11.1. The summed E-state index contributed by atoms with van der Waals surface area (Å²) in [7, 11) is 0. The Morgan fingerprint density at radius 2 is 1.20 bits per heavy atom. The van der Waals surface area contributed by atoms with E-state index in [1.807, 2.05) is 0 Å². The Balaban J connectivity index is 2.22. The highest BCUT2D eigenvalue weighted by Crippen LogP contribution is 2.39. The first-order chi connectivity index (χ1) is 12.1. The van der Waals surface area contributed by atoms with Gasteiger partial charge in [0.15, 0.2) is 11.5 Å². The second-order valence-corrected chi connectivity index (χ2v) is 4.97. The van der Waals surface area contributed by atoms with E-state index < -0.39 is 21.2 Å². The molecule has 1 heterocycles. The van der Waals surface area contributed by atoms with Crippen LogP contribution in [0.2, 0.25) is 0 Å². The molecule has 1 aliphatic heterocycles. The molecule has 0 saturated carbocycles. The molecule has 0 saturated heterocycles. The summed E-state index contributed by atoms with van der Waals surface area (Å²) in [5.74, 6) is 0.0998. The van der Waals surface area contributed by atoms with Crippen molar-refractivity contribution in [3.05, 3.63) is 32.4 Å². The zero-order valence-electron chi connectivity index (χ0n) is 13.5. The molecule has 2 rings (SSSR count). The van der Waals surface area contributed by atoms with Gasteiger partial charge < -0.3 is 24.3 Å². The molecule has 0 radical (unpaired) electrons. The van der Waals surface area contributed by atoms with E-state index in [2.05, 4.69) is 5.32 Å². The van der Waals surface area contributed by atoms with Gasteiger partial charge in [0.25, 0.3) is 0 Å². The molecule has 0 unspecified atom stereocenters. The van der Waals surface area contributed by atoms with Gasteiger partial charge in [0.1, 0.15) is 13.2 Å². The summed E-state index contributed by atoms with van der Waals surface area (Å²) < 4.78 is 21.6. The van der Waals surface area contributed by atoms with Crippen molar-refractivity contribution in [1.82, 2.24) is 5.32 Å². The number of hydrogen-bond acceptors (Lipinski definition) is 9. The third-order valence-corrected chi connectivity index (χ3v) is 3.25. The van der Waals surface area contributed by atoms with Crippen LogP contribution in [0, 0.1) is 20.2 Å². The Morgan fingerprint density at radius 3 is 1.60 bits per heavy atom. The molecular weight excluding hydrogens is 338 g/mol. The highest BCUT2D eigenvalue weighted by Gasteiger charge is 2.28. The number of hydrogen-bond donors (Lipinski definition) is 1. The molecule has 0 fully saturated rings. The second kappa shape index (κ2) is 9.71. The molecular formula is C14H19N3O8. The minimum atomic E-state index is -0.831. The standard InChI is InChI=1S/C14H19N3O8/c18-16(19)11-9-13-14(10-12(11)17(20)21)25-8-6-23-4-2-15-1-3-22-5-7-24-13/h9-10,15H,1-8H2. The van der Waals surface area contributed by atoms with Gasteiger partial charge in [-0.3, -0.25) is 20.2 Å². The number of fused-ring (bicyclic) bond motifs is 1. The maximum Gasteiger partial charge on any atom is 0.350 e. The lowest BCUT2D eigenvalue weighted by molar-refractivity contribution is -0.422. The van der Waals surface area contributed by atoms with Gasteiger partial charge in [-0.05, 0) is 0 Å². The van der Waals surface area contributed by atoms with Crippen LogP contribution in [0.3, 0.4) is 0 Å². The van der Waals surface area contributed by atoms with Gasteiger partial charge in [-0.2, -0.15) is 0 Å². The van der Waals surface area contributed by atoms with Crippen molar-refractivity contribution in [3.8, 4) is 11.5 Å². The molecule has 0 bridgehead atoms. The number of nitrogens with zero attached hydrogens (tertiary/aromatic N) is 2. The average Bonchev–Trinajstić information content (AvgIpc) is 2.59. The highest BCUT2D eigenvalue weighted by atomic mass is 16.6. The Hall–Kier alpha value is -2.50. The normalized spacial score (nSPS) is 17.1. The first-order valence-corrected chi connectivity index (χ1v) is 7.68. The van der Waals surface area contributed by atoms with Gasteiger partial charge in [-0.15, -0.1) is 0 Å². The van der Waals surface area contributed by atoms with E-state index in [9.17, 15) is 20.2 Å². The van der Waals surface area contributed by atoms with Crippen LogP contribution in [0.4, 0.5) is 11.4 Å². The SMILES string of the molecule is O=[N+]([O-])c1cc2c(cc1[N+](=O)[O-])OCCOCCNCCOCCO2. The number of ether oxygens (including phenoxy) is 4. The molecule has 0 aliphatic carbocycles. The predicted octanol–water partition coefficient (Wildman–Crippen LogP) is 0.897. The van der Waals surface area contributed by atoms with Crippen molar-refractivity contribution in [3.63, 3.8) is 0 Å². The summed E-state index contributed by atoms with van der Waals surface area (Å²) in [6.45, 7) is 3.07. The zero-order valence-corrected chi connectivity index (χ0v) is 13.5. The molecule has 1 aliphatic rings. The van der Waals surface area contributed by atoms with Gasteiger partial charge in [0.2, 0.25) is 0 Å². The van der Waals surface area contributed by atoms with Gasteiger partial charge in [-0.25, -0.2) is 0 Å². The molecule has 1 aromatic rings. The van der Waals surface area contributed by atoms with Crippen LogP contribution in [-0.4, -0.2) is 62.6 Å². The Kier molecular flexibility index (Phi) is 7.32. The number of nitro groups is 2. The summed E-state index contributed by atoms with van der Waals surface area (Å²) in [5.41, 5.74) is -1.32. The topological polar surface area (TPSA) is 135 Å². The molecule has 0 aromatic heterocycles. The lowest BCUT2D eigenvalue weighted by Gasteiger charge is -2.12. The summed E-state index contributed by atoms with van der Waals surface area (Å²) in [4.78, 5) is 20.5. The van der Waals surface area contributed by atoms with Crippen molar-refractivity contribution in [2.45, 2.75) is 0 Å². The fraction of sp³-hybridized carbons (Fsp3) is 0.571. The first-order valence-electron chi connectivity index (χ1n) is 7.68. The lowest BCUT2D eigenvalue weighted by Crippen LogP contribution is -2.25. The van der Waals surface area contributed by atoms with E-state index in [0.29, 0.717) is 26.3 Å². The van der Waals surface area contributed by atoms with Crippen LogP contribution in [0.25, 0.3) is 0 Å². The van der Waals surface area contributed by atoms with Gasteiger partial charge in [0, 0.05) is 13.1 Å². The lowest BCUT2D eigenvalue weighted by atomic mass is 10.2. The van der Waals surface area contributed by atoms with Crippen LogP contribution < -0.4 is 14.8 Å². The van der Waals surface area contributed by atoms with E-state index >= 15 is 0 Å². The minimum Gasteiger partial charge on any atom is -0.487 e. The smallest absolute Gasteiger partial charge is 0.350 e. The van der Waals surface area contributed by atoms with Crippen molar-refractivity contribution >= 4 is 11.4 Å². The van der Waals surface area contributed by atoms with E-state index in [4.69, 9.17) is 18.9 Å². The van der Waals surface area contributed by atoms with Crippen LogP contribution in [0.5, 0.6) is 11.5 Å². The largest absolute Gasteiger partial charge is 0.487 e. The molecule has 0 spiro atoms. The van der Waals surface area contributed by atoms with Gasteiger partial charge in [-0.1, -0.05) is 0 Å². The first kappa shape index (κ1) is 18.8. The average molecular weight is 357 g/mol. The van der Waals surface area contributed by atoms with Crippen LogP contribution in [0.1, 0.15) is 0 Å². The predicted molar refractivity (Wildman–Crippen MR) is 85.2 cm³/mol. The molecule has 11 heteroatoms. The molecule has 1 N–H and O–H groups in total. The fourth-order valence-corrected chi connectivity index (χ4v) is 2.10. The number of nitro benzene ring substituents is 2. The van der Waals surface area contributed by atoms with E-state index in [1.54, 1.807) is 0 Å². The van der Waals surface area contributed by atoms with Crippen LogP contribution in [-0.2, 0) is 9.47 Å². The molecule has 11 nitrogen and oxygen atoms in total. The summed E-state index contributed by atoms with van der Waals surface area (Å²) >= 11 is 0. The molecule has 0 atom stereocenters. The van der Waals surface area contributed by atoms with E-state index in [-0.39, 0.29) is 37.9 Å². The number of benzene rings is 1. The van der Waals surface area contributed by atoms with Crippen LogP contribution >= 0.6 is 0 Å². The monoisotopic (exact) mass is 357 g/mol. The van der Waals surface area contributed by atoms with Crippen molar-refractivity contribution < 1.29 is 28.8 Å². The number of rotatable bonds is 2. The molecule has 0 amide bonds.